The van der Waals surface area contributed by atoms with Crippen molar-refractivity contribution < 1.29 is 13.7 Å². The van der Waals surface area contributed by atoms with Gasteiger partial charge in [0.1, 0.15) is 11.6 Å². The third kappa shape index (κ3) is 0.922. The zero-order chi connectivity index (χ0) is 8.55. The van der Waals surface area contributed by atoms with Gasteiger partial charge in [-0.2, -0.15) is 0 Å². The molecule has 2 aromatic rings. The van der Waals surface area contributed by atoms with Crippen molar-refractivity contribution in [1.82, 2.24) is 5.16 Å². The Labute approximate surface area is 67.7 Å². The van der Waals surface area contributed by atoms with Crippen LogP contribution in [0.25, 0.3) is 11.0 Å². The van der Waals surface area contributed by atoms with Gasteiger partial charge in [-0.3, -0.25) is 0 Å². The van der Waals surface area contributed by atoms with Crippen LogP contribution < -0.4 is 4.74 Å². The van der Waals surface area contributed by atoms with E-state index in [1.54, 1.807) is 6.07 Å². The highest BCUT2D eigenvalue weighted by Crippen LogP contribution is 2.23. The van der Waals surface area contributed by atoms with Gasteiger partial charge in [0, 0.05) is 12.1 Å². The minimum absolute atomic E-state index is 0.371. The summed E-state index contributed by atoms with van der Waals surface area (Å²) in [4.78, 5) is 0. The van der Waals surface area contributed by atoms with Gasteiger partial charge in [0.25, 0.3) is 0 Å². The third-order valence-corrected chi connectivity index (χ3v) is 1.63. The van der Waals surface area contributed by atoms with Crippen LogP contribution in [0.3, 0.4) is 0 Å². The Kier molecular flexibility index (Phi) is 1.46. The van der Waals surface area contributed by atoms with Crippen LogP contribution in [0.4, 0.5) is 4.39 Å². The van der Waals surface area contributed by atoms with E-state index >= 15 is 0 Å². The van der Waals surface area contributed by atoms with Gasteiger partial charge in [-0.05, 0) is 0 Å². The average molecular weight is 167 g/mol. The number of halogens is 1. The van der Waals surface area contributed by atoms with Crippen molar-refractivity contribution in [3.05, 3.63) is 24.1 Å². The van der Waals surface area contributed by atoms with Gasteiger partial charge in [0.2, 0.25) is 0 Å². The second kappa shape index (κ2) is 2.48. The molecule has 1 aromatic heterocycles. The molecule has 4 heteroatoms. The molecule has 0 atom stereocenters. The molecule has 3 nitrogen and oxygen atoms in total. The lowest BCUT2D eigenvalue weighted by Crippen LogP contribution is -1.83. The van der Waals surface area contributed by atoms with E-state index in [9.17, 15) is 4.39 Å². The Morgan fingerprint density at radius 3 is 3.08 bits per heavy atom. The summed E-state index contributed by atoms with van der Waals surface area (Å²) in [5.74, 6) is 0.0438. The average Bonchev–Trinajstić information content (AvgIpc) is 2.52. The first-order valence-corrected chi connectivity index (χ1v) is 3.39. The SMILES string of the molecule is COc1cc(F)c2cnoc2c1. The fraction of sp³-hybridized carbons (Fsp3) is 0.125. The number of methoxy groups -OCH3 is 1. The number of hydrogen-bond acceptors (Lipinski definition) is 3. The van der Waals surface area contributed by atoms with Crippen molar-refractivity contribution in [1.29, 1.82) is 0 Å². The number of benzene rings is 1. The Balaban J connectivity index is 2.75. The molecule has 0 spiro atoms. The molecule has 1 aromatic carbocycles. The van der Waals surface area contributed by atoms with Crippen molar-refractivity contribution >= 4 is 11.0 Å². The highest BCUT2D eigenvalue weighted by atomic mass is 19.1. The van der Waals surface area contributed by atoms with Gasteiger partial charge in [0.05, 0.1) is 18.7 Å². The lowest BCUT2D eigenvalue weighted by atomic mass is 10.2. The molecule has 2 rings (SSSR count). The zero-order valence-electron chi connectivity index (χ0n) is 6.37. The smallest absolute Gasteiger partial charge is 0.173 e. The van der Waals surface area contributed by atoms with E-state index in [0.29, 0.717) is 16.7 Å². The second-order valence-corrected chi connectivity index (χ2v) is 2.35. The molecule has 0 saturated heterocycles. The summed E-state index contributed by atoms with van der Waals surface area (Å²) >= 11 is 0. The zero-order valence-corrected chi connectivity index (χ0v) is 6.37. The Bertz CT molecular complexity index is 410. The normalized spacial score (nSPS) is 10.5. The Hall–Kier alpha value is -1.58. The van der Waals surface area contributed by atoms with Gasteiger partial charge in [-0.1, -0.05) is 5.16 Å². The van der Waals surface area contributed by atoms with Crippen LogP contribution in [-0.4, -0.2) is 12.3 Å². The van der Waals surface area contributed by atoms with Crippen LogP contribution in [0.5, 0.6) is 5.75 Å². The van der Waals surface area contributed by atoms with E-state index in [4.69, 9.17) is 9.26 Å². The predicted molar refractivity (Wildman–Crippen MR) is 40.5 cm³/mol. The lowest BCUT2D eigenvalue weighted by Gasteiger charge is -1.97. The summed E-state index contributed by atoms with van der Waals surface area (Å²) in [5.41, 5.74) is 0.395. The molecule has 0 saturated carbocycles. The van der Waals surface area contributed by atoms with Crippen molar-refractivity contribution in [2.75, 3.05) is 7.11 Å². The number of hydrogen-bond donors (Lipinski definition) is 0. The molecular formula is C8H6FNO2. The molecule has 0 amide bonds. The van der Waals surface area contributed by atoms with E-state index in [-0.39, 0.29) is 5.82 Å². The van der Waals surface area contributed by atoms with E-state index < -0.39 is 0 Å². The summed E-state index contributed by atoms with van der Waals surface area (Å²) in [6.45, 7) is 0. The highest BCUT2D eigenvalue weighted by Gasteiger charge is 2.06. The number of aromatic nitrogens is 1. The molecule has 12 heavy (non-hydrogen) atoms. The van der Waals surface area contributed by atoms with Gasteiger partial charge in [-0.25, -0.2) is 4.39 Å². The van der Waals surface area contributed by atoms with E-state index in [0.717, 1.165) is 0 Å². The van der Waals surface area contributed by atoms with Crippen LogP contribution in [0.15, 0.2) is 22.9 Å². The molecule has 0 fully saturated rings. The van der Waals surface area contributed by atoms with Gasteiger partial charge < -0.3 is 9.26 Å². The number of nitrogens with zero attached hydrogens (tertiary/aromatic N) is 1. The van der Waals surface area contributed by atoms with Crippen molar-refractivity contribution in [3.8, 4) is 5.75 Å². The topological polar surface area (TPSA) is 35.3 Å². The van der Waals surface area contributed by atoms with Gasteiger partial charge >= 0.3 is 0 Å². The number of fused-ring (bicyclic) bond motifs is 1. The second-order valence-electron chi connectivity index (χ2n) is 2.35. The molecule has 62 valence electrons. The predicted octanol–water partition coefficient (Wildman–Crippen LogP) is 1.98. The molecule has 0 aliphatic carbocycles. The van der Waals surface area contributed by atoms with E-state index in [2.05, 4.69) is 5.16 Å². The fourth-order valence-corrected chi connectivity index (χ4v) is 1.02. The fourth-order valence-electron chi connectivity index (χ4n) is 1.02. The first-order chi connectivity index (χ1) is 5.81. The summed E-state index contributed by atoms with van der Waals surface area (Å²) in [5, 5.41) is 3.84. The molecule has 1 heterocycles. The summed E-state index contributed by atoms with van der Waals surface area (Å²) in [7, 11) is 1.47. The standard InChI is InChI=1S/C8H6FNO2/c1-11-5-2-7(9)6-4-10-12-8(6)3-5/h2-4H,1H3. The van der Waals surface area contributed by atoms with Crippen LogP contribution in [-0.2, 0) is 0 Å². The first kappa shape index (κ1) is 7.09. The molecule has 0 radical (unpaired) electrons. The van der Waals surface area contributed by atoms with Crippen molar-refractivity contribution in [2.24, 2.45) is 0 Å². The molecular weight excluding hydrogens is 161 g/mol. The number of rotatable bonds is 1. The molecule has 0 N–H and O–H groups in total. The number of ether oxygens (including phenoxy) is 1. The minimum atomic E-state index is -0.384. The molecule has 0 bridgehead atoms. The largest absolute Gasteiger partial charge is 0.497 e. The van der Waals surface area contributed by atoms with Crippen LogP contribution in [0, 0.1) is 5.82 Å². The summed E-state index contributed by atoms with van der Waals surface area (Å²) in [6, 6.07) is 2.88. The lowest BCUT2D eigenvalue weighted by molar-refractivity contribution is 0.408. The van der Waals surface area contributed by atoms with Crippen LogP contribution >= 0.6 is 0 Å². The maximum absolute atomic E-state index is 13.1. The van der Waals surface area contributed by atoms with E-state index in [1.807, 2.05) is 0 Å². The minimum Gasteiger partial charge on any atom is -0.497 e. The first-order valence-electron chi connectivity index (χ1n) is 3.39. The van der Waals surface area contributed by atoms with Crippen LogP contribution in [0.1, 0.15) is 0 Å². The summed E-state index contributed by atoms with van der Waals surface area (Å²) in [6.07, 6.45) is 1.34. The van der Waals surface area contributed by atoms with E-state index in [1.165, 1.54) is 19.4 Å². The monoisotopic (exact) mass is 167 g/mol. The molecule has 0 aliphatic heterocycles. The van der Waals surface area contributed by atoms with Crippen molar-refractivity contribution in [3.63, 3.8) is 0 Å². The molecule has 0 unspecified atom stereocenters. The maximum Gasteiger partial charge on any atom is 0.173 e. The van der Waals surface area contributed by atoms with Crippen LogP contribution in [0.2, 0.25) is 0 Å². The third-order valence-electron chi connectivity index (χ3n) is 1.63. The van der Waals surface area contributed by atoms with Gasteiger partial charge in [-0.15, -0.1) is 0 Å². The quantitative estimate of drug-likeness (QED) is 0.651. The Morgan fingerprint density at radius 2 is 2.33 bits per heavy atom. The Morgan fingerprint density at radius 1 is 1.50 bits per heavy atom. The van der Waals surface area contributed by atoms with Gasteiger partial charge in [0.15, 0.2) is 5.58 Å². The maximum atomic E-state index is 13.1. The summed E-state index contributed by atoms with van der Waals surface area (Å²) < 4.78 is 22.7. The highest BCUT2D eigenvalue weighted by molar-refractivity contribution is 5.78. The molecule has 0 aliphatic rings. The van der Waals surface area contributed by atoms with Crippen molar-refractivity contribution in [2.45, 2.75) is 0 Å².